The van der Waals surface area contributed by atoms with Crippen molar-refractivity contribution in [1.29, 1.82) is 0 Å². The van der Waals surface area contributed by atoms with Gasteiger partial charge in [0, 0.05) is 12.0 Å². The standard InChI is InChI=1S/C16H21NO/c1-18-15-7-4-6-13(11-15)16-8-3-2-5-14(16)12-17-10-9-16/h4,6-7,11-12,17H,2-3,5,8-10H2,1H3. The van der Waals surface area contributed by atoms with E-state index < -0.39 is 0 Å². The quantitative estimate of drug-likeness (QED) is 0.859. The molecule has 0 bridgehead atoms. The van der Waals surface area contributed by atoms with Crippen LogP contribution in [0.15, 0.2) is 36.0 Å². The van der Waals surface area contributed by atoms with Crippen LogP contribution in [0, 0.1) is 0 Å². The number of methoxy groups -OCH3 is 1. The van der Waals surface area contributed by atoms with Gasteiger partial charge in [0.05, 0.1) is 7.11 Å². The van der Waals surface area contributed by atoms with Crippen molar-refractivity contribution in [2.45, 2.75) is 37.5 Å². The van der Waals surface area contributed by atoms with Gasteiger partial charge >= 0.3 is 0 Å². The summed E-state index contributed by atoms with van der Waals surface area (Å²) in [6.45, 7) is 1.08. The second kappa shape index (κ2) is 4.68. The van der Waals surface area contributed by atoms with Crippen molar-refractivity contribution in [3.8, 4) is 5.75 Å². The Morgan fingerprint density at radius 2 is 2.17 bits per heavy atom. The SMILES string of the molecule is COc1cccc(C23CCCCC2=CNCC3)c1. The summed E-state index contributed by atoms with van der Waals surface area (Å²) < 4.78 is 5.39. The van der Waals surface area contributed by atoms with Gasteiger partial charge < -0.3 is 10.1 Å². The lowest BCUT2D eigenvalue weighted by molar-refractivity contribution is 0.337. The van der Waals surface area contributed by atoms with Crippen LogP contribution in [-0.2, 0) is 5.41 Å². The van der Waals surface area contributed by atoms with Crippen molar-refractivity contribution in [3.63, 3.8) is 0 Å². The van der Waals surface area contributed by atoms with E-state index in [2.05, 4.69) is 29.7 Å². The van der Waals surface area contributed by atoms with Crippen LogP contribution in [-0.4, -0.2) is 13.7 Å². The number of nitrogens with one attached hydrogen (secondary N) is 1. The van der Waals surface area contributed by atoms with Crippen molar-refractivity contribution >= 4 is 0 Å². The first-order valence-corrected chi connectivity index (χ1v) is 6.93. The molecule has 1 N–H and O–H groups in total. The lowest BCUT2D eigenvalue weighted by Gasteiger charge is -2.43. The van der Waals surface area contributed by atoms with Crippen LogP contribution in [0.3, 0.4) is 0 Å². The molecule has 1 aromatic carbocycles. The molecular weight excluding hydrogens is 222 g/mol. The fourth-order valence-corrected chi connectivity index (χ4v) is 3.51. The van der Waals surface area contributed by atoms with Crippen LogP contribution in [0.4, 0.5) is 0 Å². The monoisotopic (exact) mass is 243 g/mol. The third kappa shape index (κ3) is 1.80. The van der Waals surface area contributed by atoms with Gasteiger partial charge in [-0.05, 0) is 55.2 Å². The average molecular weight is 243 g/mol. The summed E-state index contributed by atoms with van der Waals surface area (Å²) in [5.41, 5.74) is 3.31. The first-order chi connectivity index (χ1) is 8.85. The number of hydrogen-bond acceptors (Lipinski definition) is 2. The Labute approximate surface area is 109 Å². The predicted octanol–water partition coefficient (Wildman–Crippen LogP) is 3.38. The van der Waals surface area contributed by atoms with Gasteiger partial charge in [0.1, 0.15) is 5.75 Å². The molecule has 1 fully saturated rings. The van der Waals surface area contributed by atoms with E-state index in [1.54, 1.807) is 12.7 Å². The van der Waals surface area contributed by atoms with Gasteiger partial charge in [-0.15, -0.1) is 0 Å². The highest BCUT2D eigenvalue weighted by Gasteiger charge is 2.39. The highest BCUT2D eigenvalue weighted by molar-refractivity contribution is 5.42. The zero-order chi connectivity index (χ0) is 12.4. The molecule has 0 amide bonds. The van der Waals surface area contributed by atoms with E-state index in [1.165, 1.54) is 37.7 Å². The van der Waals surface area contributed by atoms with Crippen LogP contribution in [0.25, 0.3) is 0 Å². The first-order valence-electron chi connectivity index (χ1n) is 6.93. The van der Waals surface area contributed by atoms with Crippen LogP contribution in [0.1, 0.15) is 37.7 Å². The first kappa shape index (κ1) is 11.6. The van der Waals surface area contributed by atoms with Gasteiger partial charge in [0.25, 0.3) is 0 Å². The number of fused-ring (bicyclic) bond motifs is 1. The Bertz CT molecular complexity index is 466. The van der Waals surface area contributed by atoms with Gasteiger partial charge in [-0.25, -0.2) is 0 Å². The third-order valence-corrected chi connectivity index (χ3v) is 4.51. The maximum Gasteiger partial charge on any atom is 0.119 e. The fraction of sp³-hybridized carbons (Fsp3) is 0.500. The summed E-state index contributed by atoms with van der Waals surface area (Å²) in [5.74, 6) is 0.977. The number of allylic oxidation sites excluding steroid dienone is 1. The maximum atomic E-state index is 5.39. The molecule has 1 heterocycles. The molecule has 0 saturated heterocycles. The molecule has 1 unspecified atom stereocenters. The molecule has 96 valence electrons. The molecular formula is C16H21NO. The summed E-state index contributed by atoms with van der Waals surface area (Å²) in [4.78, 5) is 0. The summed E-state index contributed by atoms with van der Waals surface area (Å²) >= 11 is 0. The van der Waals surface area contributed by atoms with Crippen molar-refractivity contribution in [2.24, 2.45) is 0 Å². The molecule has 1 aliphatic carbocycles. The topological polar surface area (TPSA) is 21.3 Å². The average Bonchev–Trinajstić information content (AvgIpc) is 2.47. The molecule has 1 aromatic rings. The zero-order valence-corrected chi connectivity index (χ0v) is 11.0. The molecule has 2 heteroatoms. The summed E-state index contributed by atoms with van der Waals surface area (Å²) in [6.07, 6.45) is 8.68. The zero-order valence-electron chi connectivity index (χ0n) is 11.0. The predicted molar refractivity (Wildman–Crippen MR) is 73.8 cm³/mol. The molecule has 2 aliphatic rings. The summed E-state index contributed by atoms with van der Waals surface area (Å²) in [6, 6.07) is 8.65. The molecule has 0 spiro atoms. The van der Waals surface area contributed by atoms with E-state index in [1.807, 2.05) is 6.07 Å². The van der Waals surface area contributed by atoms with E-state index in [-0.39, 0.29) is 5.41 Å². The number of benzene rings is 1. The van der Waals surface area contributed by atoms with Crippen molar-refractivity contribution < 1.29 is 4.74 Å². The molecule has 2 nitrogen and oxygen atoms in total. The second-order valence-corrected chi connectivity index (χ2v) is 5.39. The normalized spacial score (nSPS) is 26.8. The van der Waals surface area contributed by atoms with Gasteiger partial charge in [-0.2, -0.15) is 0 Å². The Morgan fingerprint density at radius 3 is 3.06 bits per heavy atom. The van der Waals surface area contributed by atoms with Crippen LogP contribution < -0.4 is 10.1 Å². The Hall–Kier alpha value is -1.44. The molecule has 18 heavy (non-hydrogen) atoms. The molecule has 0 aromatic heterocycles. The van der Waals surface area contributed by atoms with E-state index in [4.69, 9.17) is 4.74 Å². The van der Waals surface area contributed by atoms with Gasteiger partial charge in [0.15, 0.2) is 0 Å². The second-order valence-electron chi connectivity index (χ2n) is 5.39. The minimum absolute atomic E-state index is 0.276. The van der Waals surface area contributed by atoms with E-state index in [0.29, 0.717) is 0 Å². The highest BCUT2D eigenvalue weighted by atomic mass is 16.5. The van der Waals surface area contributed by atoms with Crippen molar-refractivity contribution in [3.05, 3.63) is 41.6 Å². The molecule has 1 aliphatic heterocycles. The lowest BCUT2D eigenvalue weighted by atomic mass is 9.63. The Kier molecular flexibility index (Phi) is 3.02. The molecule has 1 atom stereocenters. The highest BCUT2D eigenvalue weighted by Crippen LogP contribution is 2.47. The number of hydrogen-bond donors (Lipinski definition) is 1. The van der Waals surface area contributed by atoms with Crippen molar-refractivity contribution in [2.75, 3.05) is 13.7 Å². The van der Waals surface area contributed by atoms with Gasteiger partial charge in [-0.1, -0.05) is 18.6 Å². The minimum atomic E-state index is 0.276. The van der Waals surface area contributed by atoms with E-state index >= 15 is 0 Å². The van der Waals surface area contributed by atoms with E-state index in [0.717, 1.165) is 12.3 Å². The van der Waals surface area contributed by atoms with Crippen LogP contribution in [0.5, 0.6) is 5.75 Å². The van der Waals surface area contributed by atoms with Crippen LogP contribution >= 0.6 is 0 Å². The number of rotatable bonds is 2. The van der Waals surface area contributed by atoms with E-state index in [9.17, 15) is 0 Å². The fourth-order valence-electron chi connectivity index (χ4n) is 3.51. The third-order valence-electron chi connectivity index (χ3n) is 4.51. The van der Waals surface area contributed by atoms with Gasteiger partial charge in [-0.3, -0.25) is 0 Å². The Balaban J connectivity index is 2.05. The molecule has 0 radical (unpaired) electrons. The Morgan fingerprint density at radius 1 is 1.22 bits per heavy atom. The summed E-state index contributed by atoms with van der Waals surface area (Å²) in [7, 11) is 1.75. The maximum absolute atomic E-state index is 5.39. The number of ether oxygens (including phenoxy) is 1. The largest absolute Gasteiger partial charge is 0.497 e. The smallest absolute Gasteiger partial charge is 0.119 e. The summed E-state index contributed by atoms with van der Waals surface area (Å²) in [5, 5.41) is 3.41. The van der Waals surface area contributed by atoms with Crippen LogP contribution in [0.2, 0.25) is 0 Å². The molecule has 1 saturated carbocycles. The minimum Gasteiger partial charge on any atom is -0.497 e. The van der Waals surface area contributed by atoms with Crippen molar-refractivity contribution in [1.82, 2.24) is 5.32 Å². The van der Waals surface area contributed by atoms with Gasteiger partial charge in [0.2, 0.25) is 0 Å². The molecule has 3 rings (SSSR count). The lowest BCUT2D eigenvalue weighted by Crippen LogP contribution is -2.39.